The van der Waals surface area contributed by atoms with Gasteiger partial charge in [0.2, 0.25) is 0 Å². The third-order valence-electron chi connectivity index (χ3n) is 11.8. The van der Waals surface area contributed by atoms with Crippen molar-refractivity contribution in [2.75, 3.05) is 18.1 Å². The molecule has 1 aliphatic heterocycles. The molecule has 1 aliphatic carbocycles. The lowest BCUT2D eigenvalue weighted by Gasteiger charge is -2.34. The van der Waals surface area contributed by atoms with Crippen LogP contribution in [-0.2, 0) is 5.41 Å². The van der Waals surface area contributed by atoms with Gasteiger partial charge in [-0.3, -0.25) is 0 Å². The molecule has 1 aromatic heterocycles. The van der Waals surface area contributed by atoms with Crippen LogP contribution in [0.4, 0.5) is 17.1 Å². The predicted molar refractivity (Wildman–Crippen MR) is 244 cm³/mol. The normalized spacial score (nSPS) is 13.4. The highest BCUT2D eigenvalue weighted by Crippen LogP contribution is 2.57. The van der Waals surface area contributed by atoms with Gasteiger partial charge < -0.3 is 14.4 Å². The van der Waals surface area contributed by atoms with Crippen molar-refractivity contribution in [1.29, 1.82) is 0 Å². The Balaban J connectivity index is 1.06. The summed E-state index contributed by atoms with van der Waals surface area (Å²) in [6.45, 7) is 1.08. The number of benzene rings is 8. The first-order valence-electron chi connectivity index (χ1n) is 20.2. The summed E-state index contributed by atoms with van der Waals surface area (Å²) >= 11 is 1.73. The molecule has 3 nitrogen and oxygen atoms in total. The van der Waals surface area contributed by atoms with Gasteiger partial charge in [0.05, 0.1) is 20.9 Å². The van der Waals surface area contributed by atoms with Crippen molar-refractivity contribution in [1.82, 2.24) is 0 Å². The first-order valence-corrected chi connectivity index (χ1v) is 21.0. The van der Waals surface area contributed by atoms with Crippen molar-refractivity contribution in [3.8, 4) is 54.6 Å². The van der Waals surface area contributed by atoms with Crippen LogP contribution in [0.3, 0.4) is 0 Å². The SMILES string of the molecule is c1ccc(-c2ccccc2N(c2ccc(-c3sc(-c4ccccc4)c4c3OCCO4)cc2)c2ccc(C3(c4ccccc4)c4ccccc4-c4ccccc43)cc2)cc1. The lowest BCUT2D eigenvalue weighted by Crippen LogP contribution is -2.28. The van der Waals surface area contributed by atoms with Gasteiger partial charge in [-0.1, -0.05) is 182 Å². The third kappa shape index (κ3) is 5.79. The molecule has 59 heavy (non-hydrogen) atoms. The topological polar surface area (TPSA) is 21.7 Å². The van der Waals surface area contributed by atoms with Crippen LogP contribution in [0.15, 0.2) is 212 Å². The van der Waals surface area contributed by atoms with Crippen molar-refractivity contribution < 1.29 is 9.47 Å². The second-order valence-electron chi connectivity index (χ2n) is 15.0. The van der Waals surface area contributed by atoms with E-state index in [1.54, 1.807) is 11.3 Å². The van der Waals surface area contributed by atoms with E-state index >= 15 is 0 Å². The molecule has 2 heterocycles. The van der Waals surface area contributed by atoms with Crippen molar-refractivity contribution >= 4 is 28.4 Å². The zero-order valence-corrected chi connectivity index (χ0v) is 33.1. The van der Waals surface area contributed by atoms with Crippen LogP contribution in [0.5, 0.6) is 11.5 Å². The van der Waals surface area contributed by atoms with Gasteiger partial charge >= 0.3 is 0 Å². The molecule has 0 bridgehead atoms. The Morgan fingerprint density at radius 3 is 1.37 bits per heavy atom. The fraction of sp³-hybridized carbons (Fsp3) is 0.0545. The van der Waals surface area contributed by atoms with Crippen LogP contribution >= 0.6 is 11.3 Å². The minimum absolute atomic E-state index is 0.467. The fourth-order valence-electron chi connectivity index (χ4n) is 9.21. The van der Waals surface area contributed by atoms with Gasteiger partial charge in [-0.05, 0) is 80.4 Å². The van der Waals surface area contributed by atoms with Gasteiger partial charge in [-0.25, -0.2) is 0 Å². The standard InChI is InChI=1S/C55H39NO2S/c1-4-16-38(17-5-1)45-22-12-15-27-50(45)56(43-32-28-40(29-33-43)54-52-51(57-36-37-58-52)53(59-54)39-18-6-2-7-19-39)44-34-30-42(31-35-44)55(41-20-8-3-9-21-41)48-25-13-10-23-46(48)47-24-11-14-26-49(47)55/h1-35H,36-37H2. The van der Waals surface area contributed by atoms with Crippen molar-refractivity contribution in [3.63, 3.8) is 0 Å². The van der Waals surface area contributed by atoms with Crippen LogP contribution in [-0.4, -0.2) is 13.2 Å². The molecule has 2 aliphatic rings. The summed E-state index contributed by atoms with van der Waals surface area (Å²) in [5, 5.41) is 0. The zero-order chi connectivity index (χ0) is 39.2. The maximum atomic E-state index is 6.30. The number of anilines is 3. The summed E-state index contributed by atoms with van der Waals surface area (Å²) in [5.74, 6) is 1.67. The Morgan fingerprint density at radius 2 is 0.797 bits per heavy atom. The molecule has 0 fully saturated rings. The number of rotatable bonds is 8. The van der Waals surface area contributed by atoms with E-state index in [9.17, 15) is 0 Å². The highest BCUT2D eigenvalue weighted by atomic mass is 32.1. The maximum absolute atomic E-state index is 6.30. The molecule has 9 aromatic rings. The Hall–Kier alpha value is -7.14. The predicted octanol–water partition coefficient (Wildman–Crippen LogP) is 14.4. The Labute approximate surface area is 349 Å². The van der Waals surface area contributed by atoms with E-state index in [1.807, 2.05) is 6.07 Å². The summed E-state index contributed by atoms with van der Waals surface area (Å²) in [4.78, 5) is 4.56. The molecule has 0 radical (unpaired) electrons. The van der Waals surface area contributed by atoms with Gasteiger partial charge in [0.25, 0.3) is 0 Å². The van der Waals surface area contributed by atoms with E-state index in [1.165, 1.54) is 38.9 Å². The van der Waals surface area contributed by atoms with Crippen LogP contribution < -0.4 is 14.4 Å². The first kappa shape index (κ1) is 35.1. The second kappa shape index (κ2) is 14.7. The number of hydrogen-bond acceptors (Lipinski definition) is 4. The van der Waals surface area contributed by atoms with Crippen LogP contribution in [0.1, 0.15) is 22.3 Å². The summed E-state index contributed by atoms with van der Waals surface area (Å²) in [5.41, 5.74) is 15.0. The van der Waals surface area contributed by atoms with Crippen molar-refractivity contribution in [2.45, 2.75) is 5.41 Å². The maximum Gasteiger partial charge on any atom is 0.180 e. The minimum Gasteiger partial charge on any atom is -0.485 e. The van der Waals surface area contributed by atoms with E-state index in [0.29, 0.717) is 13.2 Å². The van der Waals surface area contributed by atoms with E-state index < -0.39 is 5.41 Å². The van der Waals surface area contributed by atoms with Crippen LogP contribution in [0, 0.1) is 0 Å². The fourth-order valence-corrected chi connectivity index (χ4v) is 10.4. The van der Waals surface area contributed by atoms with Gasteiger partial charge in [0, 0.05) is 16.9 Å². The van der Waals surface area contributed by atoms with E-state index in [-0.39, 0.29) is 0 Å². The number of ether oxygens (including phenoxy) is 2. The molecule has 11 rings (SSSR count). The molecular formula is C55H39NO2S. The molecule has 282 valence electrons. The monoisotopic (exact) mass is 777 g/mol. The molecule has 0 spiro atoms. The lowest BCUT2D eigenvalue weighted by molar-refractivity contribution is 0.175. The average molecular weight is 778 g/mol. The molecule has 0 atom stereocenters. The number of nitrogens with zero attached hydrogens (tertiary/aromatic N) is 1. The van der Waals surface area contributed by atoms with Gasteiger partial charge in [-0.2, -0.15) is 0 Å². The van der Waals surface area contributed by atoms with E-state index in [2.05, 4.69) is 211 Å². The summed E-state index contributed by atoms with van der Waals surface area (Å²) in [6.07, 6.45) is 0. The van der Waals surface area contributed by atoms with Gasteiger partial charge in [0.1, 0.15) is 13.2 Å². The second-order valence-corrected chi connectivity index (χ2v) is 16.0. The molecule has 0 unspecified atom stereocenters. The number of hydrogen-bond donors (Lipinski definition) is 0. The Morgan fingerprint density at radius 1 is 0.373 bits per heavy atom. The van der Waals surface area contributed by atoms with Gasteiger partial charge in [-0.15, -0.1) is 11.3 Å². The van der Waals surface area contributed by atoms with E-state index in [4.69, 9.17) is 9.47 Å². The largest absolute Gasteiger partial charge is 0.485 e. The van der Waals surface area contributed by atoms with Crippen molar-refractivity contribution in [2.24, 2.45) is 0 Å². The Kier molecular flexibility index (Phi) is 8.71. The molecular weight excluding hydrogens is 739 g/mol. The number of fused-ring (bicyclic) bond motifs is 4. The highest BCUT2D eigenvalue weighted by Gasteiger charge is 2.45. The molecule has 0 N–H and O–H groups in total. The van der Waals surface area contributed by atoms with Crippen molar-refractivity contribution in [3.05, 3.63) is 235 Å². The minimum atomic E-state index is -0.467. The molecule has 4 heteroatoms. The summed E-state index contributed by atoms with van der Waals surface area (Å²) in [6, 6.07) is 76.8. The Bertz CT molecular complexity index is 2880. The number of para-hydroxylation sites is 1. The molecule has 0 saturated heterocycles. The average Bonchev–Trinajstić information content (AvgIpc) is 3.86. The zero-order valence-electron chi connectivity index (χ0n) is 32.3. The molecule has 0 amide bonds. The summed E-state index contributed by atoms with van der Waals surface area (Å²) in [7, 11) is 0. The molecule has 0 saturated carbocycles. The van der Waals surface area contributed by atoms with Crippen LogP contribution in [0.2, 0.25) is 0 Å². The highest BCUT2D eigenvalue weighted by molar-refractivity contribution is 7.19. The first-order chi connectivity index (χ1) is 29.3. The quantitative estimate of drug-likeness (QED) is 0.153. The number of thiophene rings is 1. The van der Waals surface area contributed by atoms with Gasteiger partial charge in [0.15, 0.2) is 11.5 Å². The molecule has 8 aromatic carbocycles. The summed E-state index contributed by atoms with van der Waals surface area (Å²) < 4.78 is 12.5. The lowest BCUT2D eigenvalue weighted by atomic mass is 9.68. The smallest absolute Gasteiger partial charge is 0.180 e. The van der Waals surface area contributed by atoms with Crippen LogP contribution in [0.25, 0.3) is 43.1 Å². The third-order valence-corrected chi connectivity index (χ3v) is 13.0. The van der Waals surface area contributed by atoms with E-state index in [0.717, 1.165) is 55.0 Å².